The lowest BCUT2D eigenvalue weighted by Gasteiger charge is -2.35. The second kappa shape index (κ2) is 11.2. The second-order valence-electron chi connectivity index (χ2n) is 9.96. The average molecular weight is 630 g/mol. The van der Waals surface area contributed by atoms with E-state index in [1.54, 1.807) is 35.2 Å². The summed E-state index contributed by atoms with van der Waals surface area (Å²) in [6.07, 6.45) is 1.88. The molecule has 202 valence electrons. The predicted molar refractivity (Wildman–Crippen MR) is 157 cm³/mol. The van der Waals surface area contributed by atoms with Crippen molar-refractivity contribution in [2.24, 2.45) is 0 Å². The molecule has 1 unspecified atom stereocenters. The number of carbonyl (C=O) groups excluding carboxylic acids is 3. The molecule has 0 aliphatic carbocycles. The monoisotopic (exact) mass is 628 g/mol. The van der Waals surface area contributed by atoms with Crippen molar-refractivity contribution in [1.29, 1.82) is 0 Å². The van der Waals surface area contributed by atoms with Crippen LogP contribution in [0.1, 0.15) is 41.3 Å². The zero-order valence-corrected chi connectivity index (χ0v) is 24.3. The van der Waals surface area contributed by atoms with E-state index >= 15 is 0 Å². The van der Waals surface area contributed by atoms with E-state index < -0.39 is 5.54 Å². The lowest BCUT2D eigenvalue weighted by atomic mass is 9.84. The van der Waals surface area contributed by atoms with Crippen LogP contribution in [-0.2, 0) is 21.5 Å². The molecule has 0 aromatic heterocycles. The molecule has 3 aromatic carbocycles. The Hall–Kier alpha value is -3.07. The van der Waals surface area contributed by atoms with Gasteiger partial charge in [0, 0.05) is 63.9 Å². The highest BCUT2D eigenvalue weighted by Gasteiger charge is 2.47. The summed E-state index contributed by atoms with van der Waals surface area (Å²) in [7, 11) is 0. The number of nitrogens with one attached hydrogen (secondary N) is 3. The van der Waals surface area contributed by atoms with Gasteiger partial charge in [0.25, 0.3) is 11.8 Å². The Bertz CT molecular complexity index is 1470. The molecule has 2 aliphatic heterocycles. The molecule has 0 spiro atoms. The van der Waals surface area contributed by atoms with E-state index in [4.69, 9.17) is 23.2 Å². The Labute approximate surface area is 245 Å². The summed E-state index contributed by atoms with van der Waals surface area (Å²) < 4.78 is 0.754. The van der Waals surface area contributed by atoms with Crippen LogP contribution in [0.2, 0.25) is 10.0 Å². The number of hydrogen-bond acceptors (Lipinski definition) is 4. The first-order valence-corrected chi connectivity index (χ1v) is 14.2. The van der Waals surface area contributed by atoms with Crippen LogP contribution in [0.25, 0.3) is 0 Å². The topological polar surface area (TPSA) is 90.5 Å². The van der Waals surface area contributed by atoms with Gasteiger partial charge in [-0.1, -0.05) is 57.3 Å². The van der Waals surface area contributed by atoms with E-state index in [-0.39, 0.29) is 30.2 Å². The van der Waals surface area contributed by atoms with Gasteiger partial charge in [-0.05, 0) is 60.9 Å². The molecular weight excluding hydrogens is 603 g/mol. The van der Waals surface area contributed by atoms with Crippen molar-refractivity contribution < 1.29 is 14.4 Å². The minimum Gasteiger partial charge on any atom is -0.367 e. The maximum Gasteiger partial charge on any atom is 0.256 e. The average Bonchev–Trinajstić information content (AvgIpc) is 3.13. The van der Waals surface area contributed by atoms with Gasteiger partial charge in [0.1, 0.15) is 5.54 Å². The zero-order chi connectivity index (χ0) is 27.7. The Morgan fingerprint density at radius 1 is 1.10 bits per heavy atom. The number of hydrogen-bond donors (Lipinski definition) is 3. The van der Waals surface area contributed by atoms with Gasteiger partial charge in [0.05, 0.1) is 5.56 Å². The molecule has 1 fully saturated rings. The van der Waals surface area contributed by atoms with Gasteiger partial charge in [-0.3, -0.25) is 14.4 Å². The zero-order valence-electron chi connectivity index (χ0n) is 21.2. The van der Waals surface area contributed by atoms with Crippen LogP contribution in [0.5, 0.6) is 0 Å². The second-order valence-corrected chi connectivity index (χ2v) is 11.8. The summed E-state index contributed by atoms with van der Waals surface area (Å²) in [5.41, 5.74) is 1.89. The van der Waals surface area contributed by atoms with Crippen LogP contribution in [0, 0.1) is 0 Å². The number of fused-ring (bicyclic) bond motifs is 1. The van der Waals surface area contributed by atoms with Gasteiger partial charge in [-0.25, -0.2) is 0 Å². The molecule has 0 bridgehead atoms. The minimum absolute atomic E-state index is 0.0986. The Morgan fingerprint density at radius 2 is 1.90 bits per heavy atom. The summed E-state index contributed by atoms with van der Waals surface area (Å²) in [4.78, 5) is 41.0. The fourth-order valence-corrected chi connectivity index (χ4v) is 6.16. The van der Waals surface area contributed by atoms with E-state index in [2.05, 4.69) is 31.9 Å². The van der Waals surface area contributed by atoms with Crippen LogP contribution >= 0.6 is 39.1 Å². The maximum atomic E-state index is 13.8. The van der Waals surface area contributed by atoms with Crippen molar-refractivity contribution in [3.05, 3.63) is 91.9 Å². The van der Waals surface area contributed by atoms with Crippen LogP contribution in [0.3, 0.4) is 0 Å². The van der Waals surface area contributed by atoms with Gasteiger partial charge in [0.2, 0.25) is 5.91 Å². The highest BCUT2D eigenvalue weighted by atomic mass is 79.9. The van der Waals surface area contributed by atoms with Crippen molar-refractivity contribution in [2.75, 3.05) is 23.7 Å². The lowest BCUT2D eigenvalue weighted by molar-refractivity contribution is -0.120. The largest absolute Gasteiger partial charge is 0.367 e. The molecule has 1 saturated heterocycles. The summed E-state index contributed by atoms with van der Waals surface area (Å²) in [6.45, 7) is 2.48. The highest BCUT2D eigenvalue weighted by molar-refractivity contribution is 9.10. The maximum absolute atomic E-state index is 13.8. The molecule has 3 amide bonds. The third kappa shape index (κ3) is 5.78. The molecule has 39 heavy (non-hydrogen) atoms. The number of anilines is 2. The van der Waals surface area contributed by atoms with Crippen molar-refractivity contribution in [2.45, 2.75) is 37.8 Å². The summed E-state index contributed by atoms with van der Waals surface area (Å²) in [6, 6.07) is 17.9. The van der Waals surface area contributed by atoms with Crippen LogP contribution < -0.4 is 16.0 Å². The van der Waals surface area contributed by atoms with E-state index in [0.717, 1.165) is 28.4 Å². The lowest BCUT2D eigenvalue weighted by Crippen LogP contribution is -2.49. The molecule has 2 heterocycles. The van der Waals surface area contributed by atoms with Crippen LogP contribution in [-0.4, -0.2) is 41.8 Å². The van der Waals surface area contributed by atoms with E-state index in [1.807, 2.05) is 30.3 Å². The van der Waals surface area contributed by atoms with E-state index in [9.17, 15) is 14.4 Å². The molecular formula is C29H27BrCl2N4O3. The Balaban J connectivity index is 1.55. The number of halogens is 3. The van der Waals surface area contributed by atoms with E-state index in [0.29, 0.717) is 40.1 Å². The highest BCUT2D eigenvalue weighted by Crippen LogP contribution is 2.43. The smallest absolute Gasteiger partial charge is 0.256 e. The van der Waals surface area contributed by atoms with Crippen LogP contribution in [0.4, 0.5) is 11.4 Å². The number of rotatable bonds is 6. The van der Waals surface area contributed by atoms with Crippen LogP contribution in [0.15, 0.2) is 65.1 Å². The van der Waals surface area contributed by atoms with E-state index in [1.165, 1.54) is 6.92 Å². The number of benzene rings is 3. The number of piperidine rings is 1. The molecule has 3 aromatic rings. The van der Waals surface area contributed by atoms with Gasteiger partial charge >= 0.3 is 0 Å². The van der Waals surface area contributed by atoms with Gasteiger partial charge in [-0.15, -0.1) is 0 Å². The fourth-order valence-electron chi connectivity index (χ4n) is 5.41. The molecule has 5 rings (SSSR count). The van der Waals surface area contributed by atoms with Gasteiger partial charge in [0.15, 0.2) is 0 Å². The molecule has 3 N–H and O–H groups in total. The third-order valence-corrected chi connectivity index (χ3v) is 8.08. The standard InChI is InChI=1S/C29H27BrCl2N4O3/c1-17(37)33-22-6-3-11-36(16-22)27(38)23-9-7-19(30)13-25(23)35-29(15-18-4-2-5-20(31)12-18)24-10-8-21(32)14-26(24)34-28(29)39/h2,4-5,7-10,12-14,22,35H,3,6,11,15-16H2,1H3,(H,33,37)(H,34,39)/t22?,29-/m0/s1. The summed E-state index contributed by atoms with van der Waals surface area (Å²) in [5.74, 6) is -0.552. The molecule has 2 atom stereocenters. The minimum atomic E-state index is -1.24. The predicted octanol–water partition coefficient (Wildman–Crippen LogP) is 6.00. The number of amides is 3. The molecule has 10 heteroatoms. The molecule has 2 aliphatic rings. The normalized spacial score (nSPS) is 20.3. The SMILES string of the molecule is CC(=O)NC1CCCN(C(=O)c2ccc(Br)cc2N[C@]2(Cc3cccc(Cl)c3)C(=O)Nc3cc(Cl)ccc32)C1. The molecule has 0 saturated carbocycles. The molecule has 7 nitrogen and oxygen atoms in total. The summed E-state index contributed by atoms with van der Waals surface area (Å²) in [5, 5.41) is 10.4. The number of nitrogens with zero attached hydrogens (tertiary/aromatic N) is 1. The first-order valence-electron chi connectivity index (χ1n) is 12.6. The molecule has 0 radical (unpaired) electrons. The quantitative estimate of drug-likeness (QED) is 0.312. The van der Waals surface area contributed by atoms with Crippen molar-refractivity contribution in [3.8, 4) is 0 Å². The Morgan fingerprint density at radius 3 is 2.67 bits per heavy atom. The number of likely N-dealkylation sites (tertiary alicyclic amines) is 1. The first kappa shape index (κ1) is 27.5. The number of carbonyl (C=O) groups is 3. The van der Waals surface area contributed by atoms with Gasteiger partial charge < -0.3 is 20.9 Å². The van der Waals surface area contributed by atoms with Gasteiger partial charge in [-0.2, -0.15) is 0 Å². The third-order valence-electron chi connectivity index (χ3n) is 7.11. The Kier molecular flexibility index (Phi) is 7.89. The first-order chi connectivity index (χ1) is 18.6. The van der Waals surface area contributed by atoms with Crippen molar-refractivity contribution in [1.82, 2.24) is 10.2 Å². The van der Waals surface area contributed by atoms with Crippen molar-refractivity contribution >= 4 is 68.2 Å². The fraction of sp³-hybridized carbons (Fsp3) is 0.276. The summed E-state index contributed by atoms with van der Waals surface area (Å²) >= 11 is 16.1. The van der Waals surface area contributed by atoms with Crippen molar-refractivity contribution in [3.63, 3.8) is 0 Å².